The summed E-state index contributed by atoms with van der Waals surface area (Å²) in [5.74, 6) is 0.958. The van der Waals surface area contributed by atoms with Gasteiger partial charge in [0.2, 0.25) is 0 Å². The number of hydrogen-bond donors (Lipinski definition) is 1. The topological polar surface area (TPSA) is 32.7 Å². The van der Waals surface area contributed by atoms with Crippen LogP contribution in [0.4, 0.5) is 0 Å². The maximum Gasteiger partial charge on any atom is 0.122 e. The van der Waals surface area contributed by atoms with E-state index in [1.165, 1.54) is 11.1 Å². The molecule has 3 nitrogen and oxygen atoms in total. The maximum absolute atomic E-state index is 8.89. The molecule has 3 heteroatoms. The van der Waals surface area contributed by atoms with E-state index >= 15 is 0 Å². The molecule has 0 radical (unpaired) electrons. The lowest BCUT2D eigenvalue weighted by molar-refractivity contribution is 0.223. The Bertz CT molecular complexity index is 396. The molecule has 0 aliphatic carbocycles. The van der Waals surface area contributed by atoms with Crippen LogP contribution in [0.25, 0.3) is 0 Å². The van der Waals surface area contributed by atoms with Crippen LogP contribution in [0.3, 0.4) is 0 Å². The molecule has 19 heavy (non-hydrogen) atoms. The third kappa shape index (κ3) is 4.84. The van der Waals surface area contributed by atoms with Crippen LogP contribution in [-0.4, -0.2) is 43.9 Å². The second-order valence-corrected chi connectivity index (χ2v) is 6.06. The largest absolute Gasteiger partial charge is 0.496 e. The molecular formula is C16H27NO2. The normalized spacial score (nSPS) is 11.9. The number of aliphatic hydroxyl groups excluding tert-OH is 1. The third-order valence-electron chi connectivity index (χ3n) is 3.34. The van der Waals surface area contributed by atoms with Gasteiger partial charge in [0.15, 0.2) is 0 Å². The predicted molar refractivity (Wildman–Crippen MR) is 80.0 cm³/mol. The van der Waals surface area contributed by atoms with E-state index in [2.05, 4.69) is 43.9 Å². The van der Waals surface area contributed by atoms with Gasteiger partial charge in [-0.05, 0) is 36.1 Å². The molecular weight excluding hydrogens is 238 g/mol. The van der Waals surface area contributed by atoms with E-state index in [0.29, 0.717) is 0 Å². The molecule has 0 spiro atoms. The zero-order valence-corrected chi connectivity index (χ0v) is 12.9. The monoisotopic (exact) mass is 265 g/mol. The van der Waals surface area contributed by atoms with Crippen LogP contribution in [0.1, 0.15) is 31.9 Å². The highest BCUT2D eigenvalue weighted by molar-refractivity contribution is 5.41. The van der Waals surface area contributed by atoms with Crippen molar-refractivity contribution >= 4 is 0 Å². The SMILES string of the molecule is COc1ccc(CCN(C)CCO)cc1C(C)(C)C. The van der Waals surface area contributed by atoms with Crippen LogP contribution >= 0.6 is 0 Å². The Morgan fingerprint density at radius 1 is 1.21 bits per heavy atom. The molecule has 0 unspecified atom stereocenters. The summed E-state index contributed by atoms with van der Waals surface area (Å²) in [4.78, 5) is 2.14. The van der Waals surface area contributed by atoms with Crippen molar-refractivity contribution in [1.29, 1.82) is 0 Å². The summed E-state index contributed by atoms with van der Waals surface area (Å²) in [6, 6.07) is 6.43. The standard InChI is InChI=1S/C16H27NO2/c1-16(2,3)14-12-13(6-7-15(14)19-5)8-9-17(4)10-11-18/h6-7,12,18H,8-11H2,1-5H3. The number of hydrogen-bond acceptors (Lipinski definition) is 3. The molecule has 1 aromatic carbocycles. The summed E-state index contributed by atoms with van der Waals surface area (Å²) in [5.41, 5.74) is 2.64. The summed E-state index contributed by atoms with van der Waals surface area (Å²) in [5, 5.41) is 8.89. The first-order chi connectivity index (χ1) is 8.88. The van der Waals surface area contributed by atoms with E-state index in [-0.39, 0.29) is 12.0 Å². The van der Waals surface area contributed by atoms with Crippen LogP contribution in [0.5, 0.6) is 5.75 Å². The number of likely N-dealkylation sites (N-methyl/N-ethyl adjacent to an activating group) is 1. The lowest BCUT2D eigenvalue weighted by atomic mass is 9.85. The van der Waals surface area contributed by atoms with Gasteiger partial charge in [-0.15, -0.1) is 0 Å². The highest BCUT2D eigenvalue weighted by atomic mass is 16.5. The zero-order chi connectivity index (χ0) is 14.5. The van der Waals surface area contributed by atoms with Gasteiger partial charge in [-0.2, -0.15) is 0 Å². The number of benzene rings is 1. The fourth-order valence-electron chi connectivity index (χ4n) is 2.10. The Balaban J connectivity index is 2.81. The lowest BCUT2D eigenvalue weighted by Gasteiger charge is -2.23. The van der Waals surface area contributed by atoms with Crippen LogP contribution < -0.4 is 4.74 Å². The summed E-state index contributed by atoms with van der Waals surface area (Å²) in [6.07, 6.45) is 0.990. The van der Waals surface area contributed by atoms with E-state index in [1.807, 2.05) is 7.05 Å². The predicted octanol–water partition coefficient (Wildman–Crippen LogP) is 2.46. The Hall–Kier alpha value is -1.06. The molecule has 0 aromatic heterocycles. The number of aliphatic hydroxyl groups is 1. The molecule has 1 aromatic rings. The Morgan fingerprint density at radius 2 is 1.89 bits per heavy atom. The fraction of sp³-hybridized carbons (Fsp3) is 0.625. The Kier molecular flexibility index (Phi) is 5.83. The van der Waals surface area contributed by atoms with Gasteiger partial charge in [0, 0.05) is 13.1 Å². The van der Waals surface area contributed by atoms with Gasteiger partial charge in [0.1, 0.15) is 5.75 Å². The van der Waals surface area contributed by atoms with Crippen molar-refractivity contribution in [1.82, 2.24) is 4.90 Å². The molecule has 0 heterocycles. The molecule has 108 valence electrons. The van der Waals surface area contributed by atoms with E-state index in [9.17, 15) is 0 Å². The van der Waals surface area contributed by atoms with Crippen molar-refractivity contribution in [3.05, 3.63) is 29.3 Å². The van der Waals surface area contributed by atoms with Crippen LogP contribution in [0, 0.1) is 0 Å². The molecule has 0 saturated heterocycles. The van der Waals surface area contributed by atoms with Crippen molar-refractivity contribution in [2.24, 2.45) is 0 Å². The van der Waals surface area contributed by atoms with Crippen molar-refractivity contribution < 1.29 is 9.84 Å². The van der Waals surface area contributed by atoms with Crippen LogP contribution in [0.15, 0.2) is 18.2 Å². The molecule has 1 rings (SSSR count). The van der Waals surface area contributed by atoms with Gasteiger partial charge in [-0.1, -0.05) is 32.9 Å². The smallest absolute Gasteiger partial charge is 0.122 e. The van der Waals surface area contributed by atoms with Crippen molar-refractivity contribution in [2.45, 2.75) is 32.6 Å². The van der Waals surface area contributed by atoms with E-state index in [1.54, 1.807) is 7.11 Å². The van der Waals surface area contributed by atoms with Crippen LogP contribution in [0.2, 0.25) is 0 Å². The quantitative estimate of drug-likeness (QED) is 0.857. The highest BCUT2D eigenvalue weighted by Gasteiger charge is 2.19. The highest BCUT2D eigenvalue weighted by Crippen LogP contribution is 2.32. The second kappa shape index (κ2) is 6.92. The first-order valence-corrected chi connectivity index (χ1v) is 6.85. The van der Waals surface area contributed by atoms with Crippen LogP contribution in [-0.2, 0) is 11.8 Å². The number of nitrogens with zero attached hydrogens (tertiary/aromatic N) is 1. The molecule has 0 bridgehead atoms. The molecule has 0 fully saturated rings. The summed E-state index contributed by atoms with van der Waals surface area (Å²) in [7, 11) is 3.75. The van der Waals surface area contributed by atoms with Crippen molar-refractivity contribution in [3.63, 3.8) is 0 Å². The Labute approximate surface area is 117 Å². The summed E-state index contributed by atoms with van der Waals surface area (Å²) >= 11 is 0. The minimum absolute atomic E-state index is 0.0817. The van der Waals surface area contributed by atoms with E-state index in [4.69, 9.17) is 9.84 Å². The minimum Gasteiger partial charge on any atom is -0.496 e. The number of methoxy groups -OCH3 is 1. The molecule has 0 amide bonds. The van der Waals surface area contributed by atoms with Gasteiger partial charge < -0.3 is 14.7 Å². The zero-order valence-electron chi connectivity index (χ0n) is 12.9. The fourth-order valence-corrected chi connectivity index (χ4v) is 2.10. The van der Waals surface area contributed by atoms with Gasteiger partial charge in [0.05, 0.1) is 13.7 Å². The molecule has 0 aliphatic rings. The van der Waals surface area contributed by atoms with Gasteiger partial charge in [0.25, 0.3) is 0 Å². The summed E-state index contributed by atoms with van der Waals surface area (Å²) in [6.45, 7) is 8.50. The molecule has 0 saturated carbocycles. The first kappa shape index (κ1) is 16.0. The van der Waals surface area contributed by atoms with E-state index in [0.717, 1.165) is 25.3 Å². The molecule has 0 atom stereocenters. The average Bonchev–Trinajstić information content (AvgIpc) is 2.35. The lowest BCUT2D eigenvalue weighted by Crippen LogP contribution is -2.24. The number of rotatable bonds is 6. The second-order valence-electron chi connectivity index (χ2n) is 6.06. The van der Waals surface area contributed by atoms with Gasteiger partial charge in [-0.25, -0.2) is 0 Å². The van der Waals surface area contributed by atoms with E-state index < -0.39 is 0 Å². The summed E-state index contributed by atoms with van der Waals surface area (Å²) < 4.78 is 5.45. The molecule has 1 N–H and O–H groups in total. The minimum atomic E-state index is 0.0817. The van der Waals surface area contributed by atoms with Gasteiger partial charge in [-0.3, -0.25) is 0 Å². The van der Waals surface area contributed by atoms with Crippen molar-refractivity contribution in [2.75, 3.05) is 33.9 Å². The third-order valence-corrected chi connectivity index (χ3v) is 3.34. The maximum atomic E-state index is 8.89. The van der Waals surface area contributed by atoms with Crippen molar-refractivity contribution in [3.8, 4) is 5.75 Å². The average molecular weight is 265 g/mol. The van der Waals surface area contributed by atoms with Gasteiger partial charge >= 0.3 is 0 Å². The first-order valence-electron chi connectivity index (χ1n) is 6.85. The molecule has 0 aliphatic heterocycles. The Morgan fingerprint density at radius 3 is 2.42 bits per heavy atom. The number of ether oxygens (including phenoxy) is 1.